The maximum Gasteiger partial charge on any atom is 0.416 e. The molecule has 0 radical (unpaired) electrons. The molecule has 0 bridgehead atoms. The molecule has 1 aliphatic rings. The second-order valence-electron chi connectivity index (χ2n) is 5.67. The van der Waals surface area contributed by atoms with E-state index >= 15 is 0 Å². The van der Waals surface area contributed by atoms with Gasteiger partial charge in [0.25, 0.3) is 0 Å². The van der Waals surface area contributed by atoms with Crippen LogP contribution in [0.2, 0.25) is 0 Å². The van der Waals surface area contributed by atoms with Gasteiger partial charge in [-0.15, -0.1) is 0 Å². The van der Waals surface area contributed by atoms with Gasteiger partial charge in [-0.3, -0.25) is 4.90 Å². The van der Waals surface area contributed by atoms with Crippen LogP contribution in [0, 0.1) is 0 Å². The van der Waals surface area contributed by atoms with Crippen molar-refractivity contribution in [3.05, 3.63) is 29.3 Å². The summed E-state index contributed by atoms with van der Waals surface area (Å²) in [7, 11) is 0. The minimum Gasteiger partial charge on any atom is -0.493 e. The Balaban J connectivity index is 2.20. The van der Waals surface area contributed by atoms with Crippen molar-refractivity contribution in [3.63, 3.8) is 0 Å². The molecule has 2 N–H and O–H groups in total. The number of piperazine rings is 1. The largest absolute Gasteiger partial charge is 0.493 e. The Labute approximate surface area is 134 Å². The monoisotopic (exact) mass is 332 g/mol. The quantitative estimate of drug-likeness (QED) is 0.840. The van der Waals surface area contributed by atoms with Crippen LogP contribution >= 0.6 is 0 Å². The van der Waals surface area contributed by atoms with Crippen LogP contribution < -0.4 is 10.1 Å². The third-order valence-corrected chi connectivity index (χ3v) is 3.80. The number of hydrogen-bond acceptors (Lipinski definition) is 4. The van der Waals surface area contributed by atoms with E-state index in [2.05, 4.69) is 5.32 Å². The number of benzene rings is 1. The summed E-state index contributed by atoms with van der Waals surface area (Å²) < 4.78 is 44.3. The Bertz CT molecular complexity index is 503. The van der Waals surface area contributed by atoms with E-state index in [0.29, 0.717) is 18.9 Å². The highest BCUT2D eigenvalue weighted by Crippen LogP contribution is 2.35. The van der Waals surface area contributed by atoms with Gasteiger partial charge in [-0.05, 0) is 24.6 Å². The lowest BCUT2D eigenvalue weighted by Gasteiger charge is -2.29. The lowest BCUT2D eigenvalue weighted by atomic mass is 10.0. The van der Waals surface area contributed by atoms with Gasteiger partial charge in [0, 0.05) is 38.3 Å². The Kier molecular flexibility index (Phi) is 6.26. The number of aliphatic hydroxyl groups excluding tert-OH is 1. The first-order valence-electron chi connectivity index (χ1n) is 7.87. The van der Waals surface area contributed by atoms with E-state index in [1.165, 1.54) is 6.07 Å². The molecule has 23 heavy (non-hydrogen) atoms. The molecule has 4 nitrogen and oxygen atoms in total. The lowest BCUT2D eigenvalue weighted by molar-refractivity contribution is -0.137. The topological polar surface area (TPSA) is 44.7 Å². The van der Waals surface area contributed by atoms with E-state index < -0.39 is 17.8 Å². The molecule has 1 fully saturated rings. The van der Waals surface area contributed by atoms with Gasteiger partial charge in [-0.2, -0.15) is 13.2 Å². The fraction of sp³-hybridized carbons (Fsp3) is 0.625. The highest BCUT2D eigenvalue weighted by atomic mass is 19.4. The fourth-order valence-corrected chi connectivity index (χ4v) is 2.57. The van der Waals surface area contributed by atoms with E-state index in [1.807, 2.05) is 11.8 Å². The van der Waals surface area contributed by atoms with E-state index in [4.69, 9.17) is 4.74 Å². The van der Waals surface area contributed by atoms with Crippen LogP contribution in [-0.2, 0) is 6.18 Å². The molecular formula is C16H23F3N2O2. The summed E-state index contributed by atoms with van der Waals surface area (Å²) in [4.78, 5) is 2.03. The van der Waals surface area contributed by atoms with Crippen LogP contribution in [0.1, 0.15) is 30.6 Å². The second-order valence-corrected chi connectivity index (χ2v) is 5.67. The molecule has 0 aromatic heterocycles. The summed E-state index contributed by atoms with van der Waals surface area (Å²) in [6.07, 6.45) is -4.71. The van der Waals surface area contributed by atoms with Crippen molar-refractivity contribution in [2.45, 2.75) is 25.6 Å². The summed E-state index contributed by atoms with van der Waals surface area (Å²) in [5.41, 5.74) is -0.567. The van der Waals surface area contributed by atoms with Gasteiger partial charge in [0.05, 0.1) is 18.3 Å². The number of aliphatic hydroxyl groups is 1. The first kappa shape index (κ1) is 18.0. The predicted molar refractivity (Wildman–Crippen MR) is 81.5 cm³/mol. The lowest BCUT2D eigenvalue weighted by Crippen LogP contribution is -2.45. The average molecular weight is 332 g/mol. The summed E-state index contributed by atoms with van der Waals surface area (Å²) in [6.45, 7) is 5.77. The molecular weight excluding hydrogens is 309 g/mol. The van der Waals surface area contributed by atoms with Crippen molar-refractivity contribution >= 4 is 0 Å². The van der Waals surface area contributed by atoms with Gasteiger partial charge >= 0.3 is 6.18 Å². The standard InChI is InChI=1S/C16H23F3N2O2/c1-2-9-23-15-4-3-12(16(17,18)19)10-13(15)14(22)11-21-7-5-20-6-8-21/h3-4,10,14,20,22H,2,5-9,11H2,1H3. The molecule has 0 aliphatic carbocycles. The summed E-state index contributed by atoms with van der Waals surface area (Å²) >= 11 is 0. The maximum atomic E-state index is 12.9. The Hall–Kier alpha value is -1.31. The zero-order valence-corrected chi connectivity index (χ0v) is 13.2. The van der Waals surface area contributed by atoms with Crippen LogP contribution in [0.3, 0.4) is 0 Å². The molecule has 1 heterocycles. The summed E-state index contributed by atoms with van der Waals surface area (Å²) in [6, 6.07) is 3.29. The zero-order chi connectivity index (χ0) is 16.9. The molecule has 1 saturated heterocycles. The molecule has 0 saturated carbocycles. The second kappa shape index (κ2) is 7.99. The van der Waals surface area contributed by atoms with E-state index in [0.717, 1.165) is 44.7 Å². The Morgan fingerprint density at radius 3 is 2.61 bits per heavy atom. The highest BCUT2D eigenvalue weighted by molar-refractivity contribution is 5.40. The number of rotatable bonds is 6. The summed E-state index contributed by atoms with van der Waals surface area (Å²) in [5, 5.41) is 13.6. The smallest absolute Gasteiger partial charge is 0.416 e. The van der Waals surface area contributed by atoms with Crippen LogP contribution in [0.15, 0.2) is 18.2 Å². The van der Waals surface area contributed by atoms with Gasteiger partial charge in [-0.1, -0.05) is 6.92 Å². The number of nitrogens with zero attached hydrogens (tertiary/aromatic N) is 1. The first-order valence-corrected chi connectivity index (χ1v) is 7.87. The molecule has 1 unspecified atom stereocenters. The van der Waals surface area contributed by atoms with E-state index in [9.17, 15) is 18.3 Å². The van der Waals surface area contributed by atoms with Crippen molar-refractivity contribution in [1.82, 2.24) is 10.2 Å². The minimum absolute atomic E-state index is 0.201. The minimum atomic E-state index is -4.44. The van der Waals surface area contributed by atoms with Crippen LogP contribution in [0.5, 0.6) is 5.75 Å². The molecule has 1 atom stereocenters. The van der Waals surface area contributed by atoms with Crippen molar-refractivity contribution in [3.8, 4) is 5.75 Å². The normalized spacial score (nSPS) is 18.0. The average Bonchev–Trinajstić information content (AvgIpc) is 2.52. The fourth-order valence-electron chi connectivity index (χ4n) is 2.57. The Morgan fingerprint density at radius 2 is 2.00 bits per heavy atom. The van der Waals surface area contributed by atoms with Crippen LogP contribution in [0.25, 0.3) is 0 Å². The molecule has 0 amide bonds. The SMILES string of the molecule is CCCOc1ccc(C(F)(F)F)cc1C(O)CN1CCNCC1. The number of hydrogen-bond donors (Lipinski definition) is 2. The number of alkyl halides is 3. The number of ether oxygens (including phenoxy) is 1. The molecule has 1 aliphatic heterocycles. The van der Waals surface area contributed by atoms with Gasteiger partial charge < -0.3 is 15.2 Å². The third kappa shape index (κ3) is 5.09. The maximum absolute atomic E-state index is 12.9. The van der Waals surface area contributed by atoms with Crippen LogP contribution in [0.4, 0.5) is 13.2 Å². The van der Waals surface area contributed by atoms with Gasteiger partial charge in [0.2, 0.25) is 0 Å². The van der Waals surface area contributed by atoms with Crippen molar-refractivity contribution in [1.29, 1.82) is 0 Å². The van der Waals surface area contributed by atoms with Crippen molar-refractivity contribution < 1.29 is 23.0 Å². The molecule has 1 aromatic carbocycles. The van der Waals surface area contributed by atoms with E-state index in [1.54, 1.807) is 0 Å². The predicted octanol–water partition coefficient (Wildman–Crippen LogP) is 2.43. The number of β-amino-alcohol motifs (C(OH)–C–C–N with tert-alkyl or cyclic N) is 1. The van der Waals surface area contributed by atoms with Gasteiger partial charge in [0.15, 0.2) is 0 Å². The van der Waals surface area contributed by atoms with Crippen molar-refractivity contribution in [2.75, 3.05) is 39.3 Å². The number of halogens is 3. The van der Waals surface area contributed by atoms with Gasteiger partial charge in [-0.25, -0.2) is 0 Å². The number of nitrogens with one attached hydrogen (secondary N) is 1. The van der Waals surface area contributed by atoms with Gasteiger partial charge in [0.1, 0.15) is 5.75 Å². The molecule has 130 valence electrons. The van der Waals surface area contributed by atoms with E-state index in [-0.39, 0.29) is 5.56 Å². The third-order valence-electron chi connectivity index (χ3n) is 3.80. The van der Waals surface area contributed by atoms with Crippen LogP contribution in [-0.4, -0.2) is 49.3 Å². The highest BCUT2D eigenvalue weighted by Gasteiger charge is 2.32. The zero-order valence-electron chi connectivity index (χ0n) is 13.2. The molecule has 7 heteroatoms. The molecule has 0 spiro atoms. The van der Waals surface area contributed by atoms with Crippen molar-refractivity contribution in [2.24, 2.45) is 0 Å². The molecule has 1 aromatic rings. The Morgan fingerprint density at radius 1 is 1.30 bits per heavy atom. The first-order chi connectivity index (χ1) is 10.9. The molecule has 2 rings (SSSR count). The summed E-state index contributed by atoms with van der Waals surface area (Å²) in [5.74, 6) is 0.322.